The molecule has 0 aliphatic heterocycles. The smallest absolute Gasteiger partial charge is 0.416 e. The third-order valence-corrected chi connectivity index (χ3v) is 7.63. The molecule has 0 heterocycles. The van der Waals surface area contributed by atoms with Gasteiger partial charge in [-0.15, -0.1) is 14.0 Å². The van der Waals surface area contributed by atoms with Crippen LogP contribution in [0.25, 0.3) is 11.5 Å². The van der Waals surface area contributed by atoms with Gasteiger partial charge in [-0.05, 0) is 0 Å². The van der Waals surface area contributed by atoms with Crippen molar-refractivity contribution >= 4 is 19.5 Å². The Morgan fingerprint density at radius 1 is 0.692 bits per heavy atom. The molecule has 0 fully saturated rings. The molecule has 1 N–H and O–H groups in total. The molecule has 0 aromatic heterocycles. The molecule has 0 amide bonds. The number of aliphatic hydroxyl groups excluding tert-OH is 1. The Labute approximate surface area is 157 Å². The van der Waals surface area contributed by atoms with Gasteiger partial charge < -0.3 is 5.11 Å². The second-order valence-corrected chi connectivity index (χ2v) is 10.2. The molecule has 26 heavy (non-hydrogen) atoms. The summed E-state index contributed by atoms with van der Waals surface area (Å²) in [4.78, 5) is 0. The van der Waals surface area contributed by atoms with Gasteiger partial charge in [-0.3, -0.25) is 4.52 Å². The molecule has 0 radical (unpaired) electrons. The van der Waals surface area contributed by atoms with Crippen LogP contribution < -0.4 is 0 Å². The summed E-state index contributed by atoms with van der Waals surface area (Å²) in [6.45, 7) is 0. The van der Waals surface area contributed by atoms with Crippen molar-refractivity contribution in [3.05, 3.63) is 71.8 Å². The highest BCUT2D eigenvalue weighted by Crippen LogP contribution is 2.67. The van der Waals surface area contributed by atoms with Gasteiger partial charge in [0.1, 0.15) is 0 Å². The highest BCUT2D eigenvalue weighted by Gasteiger charge is 2.53. The summed E-state index contributed by atoms with van der Waals surface area (Å²) in [5.41, 5.74) is 1.56. The molecule has 2 aromatic rings. The van der Waals surface area contributed by atoms with Crippen molar-refractivity contribution in [1.29, 1.82) is 0 Å². The van der Waals surface area contributed by atoms with Gasteiger partial charge in [0.25, 0.3) is 0 Å². The molecule has 0 saturated carbocycles. The summed E-state index contributed by atoms with van der Waals surface area (Å²) in [5, 5.41) is 11.1. The molecule has 0 aliphatic rings. The maximum absolute atomic E-state index is 11.1. The van der Waals surface area contributed by atoms with Crippen molar-refractivity contribution in [2.24, 2.45) is 0 Å². The van der Waals surface area contributed by atoms with E-state index in [0.717, 1.165) is 11.1 Å². The summed E-state index contributed by atoms with van der Waals surface area (Å²) in [6.07, 6.45) is 0. The zero-order valence-corrected chi connectivity index (χ0v) is 17.3. The minimum absolute atomic E-state index is 0.131. The van der Waals surface area contributed by atoms with E-state index in [-0.39, 0.29) is 5.76 Å². The Morgan fingerprint density at radius 3 is 1.46 bits per heavy atom. The molecule has 0 aliphatic carbocycles. The minimum Gasteiger partial charge on any atom is -0.504 e. The van der Waals surface area contributed by atoms with Crippen LogP contribution in [0.5, 0.6) is 0 Å². The molecule has 6 heteroatoms. The number of hydrogen-bond donors (Lipinski definition) is 1. The topological polar surface area (TPSA) is 39.2 Å². The largest absolute Gasteiger partial charge is 0.504 e. The van der Waals surface area contributed by atoms with Crippen molar-refractivity contribution in [2.45, 2.75) is 0 Å². The number of hydrogen-bond acceptors (Lipinski definition) is 5. The Kier molecular flexibility index (Phi) is 6.79. The van der Waals surface area contributed by atoms with Gasteiger partial charge in [0, 0.05) is 53.4 Å². The van der Waals surface area contributed by atoms with E-state index < -0.39 is 7.94 Å². The monoisotopic (exact) mass is 374 g/mol. The summed E-state index contributed by atoms with van der Waals surface area (Å²) in [7, 11) is 9.65. The first-order valence-corrected chi connectivity index (χ1v) is 10.0. The van der Waals surface area contributed by atoms with Crippen LogP contribution in [0.15, 0.2) is 60.7 Å². The van der Waals surface area contributed by atoms with Crippen LogP contribution in [-0.4, -0.2) is 61.4 Å². The van der Waals surface area contributed by atoms with Crippen LogP contribution in [0.3, 0.4) is 0 Å². The first-order chi connectivity index (χ1) is 12.3. The lowest BCUT2D eigenvalue weighted by Gasteiger charge is -2.37. The highest BCUT2D eigenvalue weighted by atomic mass is 31.2. The van der Waals surface area contributed by atoms with E-state index >= 15 is 0 Å². The molecule has 0 atom stereocenters. The van der Waals surface area contributed by atoms with E-state index in [4.69, 9.17) is 4.52 Å². The average Bonchev–Trinajstić information content (AvgIpc) is 2.62. The van der Waals surface area contributed by atoms with E-state index in [1.807, 2.05) is 103 Å². The molecule has 0 saturated heterocycles. The van der Waals surface area contributed by atoms with Crippen molar-refractivity contribution in [1.82, 2.24) is 14.0 Å². The van der Waals surface area contributed by atoms with Crippen LogP contribution in [0.2, 0.25) is 0 Å². The Hall–Kier alpha value is -1.91. The average molecular weight is 374 g/mol. The lowest BCUT2D eigenvalue weighted by atomic mass is 10.1. The number of nitrogens with zero attached hydrogens (tertiary/aromatic N) is 3. The fraction of sp³-hybridized carbons (Fsp3) is 0.300. The first kappa shape index (κ1) is 20.4. The van der Waals surface area contributed by atoms with Crippen LogP contribution >= 0.6 is 7.94 Å². The first-order valence-electron chi connectivity index (χ1n) is 8.46. The van der Waals surface area contributed by atoms with E-state index in [0.29, 0.717) is 5.76 Å². The third kappa shape index (κ3) is 4.08. The molecule has 0 spiro atoms. The summed E-state index contributed by atoms with van der Waals surface area (Å²) in [6, 6.07) is 19.2. The molecule has 140 valence electrons. The van der Waals surface area contributed by atoms with Crippen molar-refractivity contribution in [2.75, 3.05) is 42.3 Å². The fourth-order valence-electron chi connectivity index (χ4n) is 2.99. The highest BCUT2D eigenvalue weighted by molar-refractivity contribution is 7.64. The SMILES string of the molecule is CN(C)[P+](O/C(=C(/O)c1ccccc1)c1ccccc1)(N(C)C)N(C)C. The molecule has 2 aromatic carbocycles. The predicted octanol–water partition coefficient (Wildman–Crippen LogP) is 4.45. The summed E-state index contributed by atoms with van der Waals surface area (Å²) >= 11 is 0. The van der Waals surface area contributed by atoms with Gasteiger partial charge in [0.05, 0.1) is 0 Å². The summed E-state index contributed by atoms with van der Waals surface area (Å²) < 4.78 is 12.9. The van der Waals surface area contributed by atoms with E-state index in [1.54, 1.807) is 0 Å². The molecule has 0 unspecified atom stereocenters. The zero-order chi connectivity index (χ0) is 19.3. The zero-order valence-electron chi connectivity index (χ0n) is 16.4. The van der Waals surface area contributed by atoms with Gasteiger partial charge in [0.2, 0.25) is 5.76 Å². The third-order valence-electron chi connectivity index (χ3n) is 4.08. The van der Waals surface area contributed by atoms with E-state index in [1.165, 1.54) is 0 Å². The van der Waals surface area contributed by atoms with Gasteiger partial charge in [-0.25, -0.2) is 0 Å². The van der Waals surface area contributed by atoms with Crippen LogP contribution in [0, 0.1) is 0 Å². The fourth-order valence-corrected chi connectivity index (χ4v) is 6.06. The van der Waals surface area contributed by atoms with Crippen molar-refractivity contribution in [3.63, 3.8) is 0 Å². The second-order valence-electron chi connectivity index (χ2n) is 6.56. The maximum atomic E-state index is 11.1. The Bertz CT molecular complexity index is 709. The van der Waals surface area contributed by atoms with Crippen LogP contribution in [0.4, 0.5) is 0 Å². The van der Waals surface area contributed by atoms with Crippen LogP contribution in [0.1, 0.15) is 11.1 Å². The van der Waals surface area contributed by atoms with Gasteiger partial charge in [0.15, 0.2) is 5.76 Å². The summed E-state index contributed by atoms with van der Waals surface area (Å²) in [5.74, 6) is 0.605. The molecular formula is C20H29N3O2P+. The number of benzene rings is 2. The molecule has 0 bridgehead atoms. The number of rotatable bonds is 7. The molecule has 5 nitrogen and oxygen atoms in total. The quantitative estimate of drug-likeness (QED) is 0.440. The van der Waals surface area contributed by atoms with Crippen molar-refractivity contribution < 1.29 is 9.63 Å². The predicted molar refractivity (Wildman–Crippen MR) is 111 cm³/mol. The van der Waals surface area contributed by atoms with Gasteiger partial charge >= 0.3 is 7.94 Å². The minimum atomic E-state index is -2.33. The standard InChI is InChI=1S/C20H28N3O2P/c1-21(2)26(22(3)4,23(5)6)25-20(18-15-11-8-12-16-18)19(24)17-13-9-7-10-14-17/h7-16H,1-6H3/p+1/b20-19+. The molecule has 2 rings (SSSR count). The van der Waals surface area contributed by atoms with E-state index in [9.17, 15) is 5.11 Å². The lowest BCUT2D eigenvalue weighted by Crippen LogP contribution is -2.37. The van der Waals surface area contributed by atoms with Crippen molar-refractivity contribution in [3.8, 4) is 0 Å². The van der Waals surface area contributed by atoms with Gasteiger partial charge in [-0.1, -0.05) is 60.7 Å². The van der Waals surface area contributed by atoms with Gasteiger partial charge in [-0.2, -0.15) is 0 Å². The lowest BCUT2D eigenvalue weighted by molar-refractivity contribution is 0.330. The maximum Gasteiger partial charge on any atom is 0.416 e. The normalized spacial score (nSPS) is 13.3. The second kappa shape index (κ2) is 8.65. The Morgan fingerprint density at radius 2 is 1.08 bits per heavy atom. The Balaban J connectivity index is 2.65. The molecular weight excluding hydrogens is 345 g/mol. The van der Waals surface area contributed by atoms with Crippen LogP contribution in [-0.2, 0) is 4.52 Å². The number of aliphatic hydroxyl groups is 1. The van der Waals surface area contributed by atoms with E-state index in [2.05, 4.69) is 14.0 Å².